The highest BCUT2D eigenvalue weighted by atomic mass is 33.1. The molecular weight excluding hydrogens is 1140 g/mol. The molecule has 4 aliphatic carbocycles. The Bertz CT molecular complexity index is 3200. The lowest BCUT2D eigenvalue weighted by molar-refractivity contribution is -0.161. The van der Waals surface area contributed by atoms with Crippen LogP contribution in [0.25, 0.3) is 10.8 Å². The number of carbonyl (C=O) groups is 1. The van der Waals surface area contributed by atoms with Crippen LogP contribution in [-0.2, 0) is 33.8 Å². The van der Waals surface area contributed by atoms with E-state index in [1.165, 1.54) is 35.8 Å². The van der Waals surface area contributed by atoms with Crippen molar-refractivity contribution in [2.75, 3.05) is 46.5 Å². The molecule has 470 valence electrons. The highest BCUT2D eigenvalue weighted by Crippen LogP contribution is 2.69. The van der Waals surface area contributed by atoms with Crippen LogP contribution in [0.5, 0.6) is 28.7 Å². The van der Waals surface area contributed by atoms with Gasteiger partial charge < -0.3 is 74.6 Å². The van der Waals surface area contributed by atoms with Gasteiger partial charge in [-0.15, -0.1) is 5.92 Å². The molecule has 8 heterocycles. The number of aromatic nitrogens is 1. The van der Waals surface area contributed by atoms with Crippen LogP contribution in [0.4, 0.5) is 0 Å². The van der Waals surface area contributed by atoms with E-state index in [1.54, 1.807) is 12.1 Å². The second kappa shape index (κ2) is 26.9. The Morgan fingerprint density at radius 2 is 1.71 bits per heavy atom. The van der Waals surface area contributed by atoms with Crippen molar-refractivity contribution in [3.05, 3.63) is 77.1 Å². The van der Waals surface area contributed by atoms with Gasteiger partial charge in [0.2, 0.25) is 11.7 Å². The van der Waals surface area contributed by atoms with Crippen molar-refractivity contribution >= 4 is 38.3 Å². The number of benzene rings is 3. The van der Waals surface area contributed by atoms with Crippen molar-refractivity contribution in [1.29, 1.82) is 0 Å². The largest absolute Gasteiger partial charge is 0.504 e. The molecule has 15 rings (SSSR count). The number of methoxy groups -OCH3 is 2. The maximum Gasteiger partial charge on any atom is 0.235 e. The first kappa shape index (κ1) is 62.4. The van der Waals surface area contributed by atoms with Gasteiger partial charge in [-0.25, -0.2) is 0 Å². The molecule has 7 aliphatic heterocycles. The van der Waals surface area contributed by atoms with E-state index in [-0.39, 0.29) is 107 Å². The zero-order chi connectivity index (χ0) is 60.6. The van der Waals surface area contributed by atoms with E-state index in [0.717, 1.165) is 85.4 Å². The zero-order valence-electron chi connectivity index (χ0n) is 50.5. The molecule has 3 aromatic carbocycles. The summed E-state index contributed by atoms with van der Waals surface area (Å²) in [5.74, 6) is 15.1. The molecule has 0 radical (unpaired) electrons. The van der Waals surface area contributed by atoms with Crippen LogP contribution in [-0.4, -0.2) is 129 Å². The molecule has 2 spiro atoms. The van der Waals surface area contributed by atoms with Crippen molar-refractivity contribution in [3.63, 3.8) is 0 Å². The number of carbonyl (C=O) groups excluding carboxylic acids is 1. The quantitative estimate of drug-likeness (QED) is 0.0498. The number of nitrogens with one attached hydrogen (secondary N) is 2. The average molecular weight is 1230 g/mol. The summed E-state index contributed by atoms with van der Waals surface area (Å²) in [6, 6.07) is 12.8. The predicted molar refractivity (Wildman–Crippen MR) is 335 cm³/mol. The SMILES string of the molecule is COc1cc(C[C@@H]2[C@H](O)C[C@@H](OCO)CCc3cc4c(O)cc3[C@@H](C[C@@H](O)c3cccc5cn(cc35)COCCC[C@@H]3NC(=O)[C@@H]5C#CC[C@@H]6C#C[C@]78C[C@@H](C)CC[C@@H]7[C@@H](CC[C@@]87C[C@@H](CC[C@@H]7CNC6)O4)C[C@H](O)[C@H]35)SSC[C@@H]2O)cc(OC)c1O. The fourth-order valence-electron chi connectivity index (χ4n) is 17.5. The Morgan fingerprint density at radius 3 is 2.53 bits per heavy atom. The molecule has 3 saturated carbocycles. The van der Waals surface area contributed by atoms with Gasteiger partial charge in [0.15, 0.2) is 23.0 Å². The summed E-state index contributed by atoms with van der Waals surface area (Å²) < 4.78 is 32.7. The maximum absolute atomic E-state index is 14.0. The first-order valence-electron chi connectivity index (χ1n) is 32.1. The van der Waals surface area contributed by atoms with E-state index in [1.807, 2.05) is 47.3 Å². The fraction of sp³-hybridized carbons (Fsp3) is 0.638. The maximum atomic E-state index is 14.0. The van der Waals surface area contributed by atoms with Gasteiger partial charge in [0.25, 0.3) is 0 Å². The summed E-state index contributed by atoms with van der Waals surface area (Å²) in [4.78, 5) is 14.0. The number of fused-ring (bicyclic) bond motifs is 1. The van der Waals surface area contributed by atoms with Gasteiger partial charge >= 0.3 is 0 Å². The van der Waals surface area contributed by atoms with Gasteiger partial charge in [0.05, 0.1) is 50.8 Å². The van der Waals surface area contributed by atoms with Crippen LogP contribution < -0.4 is 24.8 Å². The molecule has 9 N–H and O–H groups in total. The van der Waals surface area contributed by atoms with Crippen LogP contribution in [0.3, 0.4) is 0 Å². The van der Waals surface area contributed by atoms with E-state index >= 15 is 0 Å². The van der Waals surface area contributed by atoms with Gasteiger partial charge in [0.1, 0.15) is 19.4 Å². The number of ether oxygens (including phenoxy) is 5. The second-order valence-electron chi connectivity index (χ2n) is 26.7. The Labute approximate surface area is 520 Å². The number of aliphatic hydroxyl groups excluding tert-OH is 5. The molecule has 87 heavy (non-hydrogen) atoms. The van der Waals surface area contributed by atoms with Gasteiger partial charge in [-0.3, -0.25) is 4.79 Å². The molecule has 11 aliphatic rings. The number of hydrogen-bond acceptors (Lipinski definition) is 16. The summed E-state index contributed by atoms with van der Waals surface area (Å²) in [5, 5.41) is 92.1. The third-order valence-electron chi connectivity index (χ3n) is 21.7. The lowest BCUT2D eigenvalue weighted by Gasteiger charge is -2.65. The molecule has 4 fully saturated rings. The number of nitrogens with zero attached hydrogens (tertiary/aromatic N) is 1. The topological polar surface area (TPSA) is 234 Å². The Morgan fingerprint density at radius 1 is 0.874 bits per heavy atom. The summed E-state index contributed by atoms with van der Waals surface area (Å²) in [6.45, 7) is 4.05. The number of phenols is 2. The summed E-state index contributed by atoms with van der Waals surface area (Å²) in [5.41, 5.74) is 2.49. The van der Waals surface area contributed by atoms with Crippen molar-refractivity contribution in [2.24, 2.45) is 58.2 Å². The highest BCUT2D eigenvalue weighted by molar-refractivity contribution is 8.76. The Kier molecular flexibility index (Phi) is 19.3. The smallest absolute Gasteiger partial charge is 0.235 e. The molecule has 18 atom stereocenters. The minimum atomic E-state index is -1.09. The molecular formula is C69H89N3O13S2. The second-order valence-corrected chi connectivity index (χ2v) is 29.4. The zero-order valence-corrected chi connectivity index (χ0v) is 52.2. The van der Waals surface area contributed by atoms with Crippen molar-refractivity contribution in [3.8, 4) is 52.4 Å². The van der Waals surface area contributed by atoms with Crippen molar-refractivity contribution in [1.82, 2.24) is 15.2 Å². The number of aryl methyl sites for hydroxylation is 1. The Balaban J connectivity index is 0.943. The van der Waals surface area contributed by atoms with Crippen LogP contribution in [0.15, 0.2) is 54.9 Å². The van der Waals surface area contributed by atoms with Crippen LogP contribution >= 0.6 is 21.6 Å². The third kappa shape index (κ3) is 12.7. The minimum absolute atomic E-state index is 0.00351. The molecule has 4 aromatic rings. The van der Waals surface area contributed by atoms with E-state index in [4.69, 9.17) is 23.7 Å². The standard InChI is InChI=1S/C69H89N3O13S2/c1-40-12-17-54-44-19-21-68-32-48-16-14-46(68)34-70-33-41(18-20-69(54,68)31-40)7-4-10-50-65(59(77)26-44)55(71-67(50)80)11-6-22-83-38-72-35-45-8-5-9-49(53(45)36-72)57(75)30-64-51-29-58(76)61(85-48)27-43(51)13-15-47(84-39-73)28-56(74)52(60(78)37-86-87-64)23-42-24-62(81-2)66(79)63(25-42)82-3/h5,8-9,24-25,27,29,35-36,40-41,44,46-48,50,52,54-57,59-60,64-65,70,73-79H,6-7,11-17,19,21-23,26,28,30-34,37-39H2,1-3H3,(H,71,80)/t40-,41+,44-,46+,47-,48+,50+,52+,54+,55-,56+,57+,59-,60-,64+,65-,68-,69-/m0/s1. The summed E-state index contributed by atoms with van der Waals surface area (Å²) in [7, 11) is 5.85. The first-order valence-corrected chi connectivity index (χ1v) is 34.4. The fourth-order valence-corrected chi connectivity index (χ4v) is 20.4. The molecule has 12 bridgehead atoms. The monoisotopic (exact) mass is 1230 g/mol. The average Bonchev–Trinajstić information content (AvgIpc) is 0.935. The summed E-state index contributed by atoms with van der Waals surface area (Å²) >= 11 is 0. The van der Waals surface area contributed by atoms with Gasteiger partial charge in [-0.2, -0.15) is 0 Å². The minimum Gasteiger partial charge on any atom is -0.504 e. The van der Waals surface area contributed by atoms with Crippen molar-refractivity contribution < 1.29 is 64.2 Å². The van der Waals surface area contributed by atoms with Crippen LogP contribution in [0.1, 0.15) is 137 Å². The number of phenolic OH excluding ortho intramolecular Hbond substituents is 2. The molecule has 1 aromatic heterocycles. The molecule has 0 unspecified atom stereocenters. The van der Waals surface area contributed by atoms with Gasteiger partial charge in [0, 0.05) is 77.6 Å². The van der Waals surface area contributed by atoms with Crippen LogP contribution in [0, 0.1) is 81.9 Å². The van der Waals surface area contributed by atoms with Crippen molar-refractivity contribution in [2.45, 2.75) is 171 Å². The molecule has 1 saturated heterocycles. The molecule has 16 nitrogen and oxygen atoms in total. The number of aliphatic hydroxyl groups is 5. The Hall–Kier alpha value is -4.83. The number of hydrogen-bond donors (Lipinski definition) is 9. The number of amides is 1. The summed E-state index contributed by atoms with van der Waals surface area (Å²) in [6.07, 6.45) is 10.4. The number of aromatic hydroxyl groups is 2. The van der Waals surface area contributed by atoms with E-state index in [2.05, 4.69) is 41.2 Å². The predicted octanol–water partition coefficient (Wildman–Crippen LogP) is 9.11. The lowest BCUT2D eigenvalue weighted by Crippen LogP contribution is -2.62. The molecule has 18 heteroatoms. The van der Waals surface area contributed by atoms with Crippen LogP contribution in [0.2, 0.25) is 0 Å². The highest BCUT2D eigenvalue weighted by Gasteiger charge is 2.65. The van der Waals surface area contributed by atoms with E-state index < -0.39 is 54.4 Å². The van der Waals surface area contributed by atoms with E-state index in [0.29, 0.717) is 74.8 Å². The normalized spacial score (nSPS) is 36.6. The van der Waals surface area contributed by atoms with Gasteiger partial charge in [-0.1, -0.05) is 70.9 Å². The van der Waals surface area contributed by atoms with Gasteiger partial charge in [-0.05, 0) is 184 Å². The molecule has 1 amide bonds. The first-order chi connectivity index (χ1) is 42.2. The van der Waals surface area contributed by atoms with E-state index in [9.17, 15) is 40.5 Å². The number of rotatable bonds is 6. The lowest BCUT2D eigenvalue weighted by atomic mass is 9.38. The third-order valence-corrected chi connectivity index (χ3v) is 24.5.